The summed E-state index contributed by atoms with van der Waals surface area (Å²) in [4.78, 5) is 0. The predicted molar refractivity (Wildman–Crippen MR) is 69.3 cm³/mol. The van der Waals surface area contributed by atoms with Crippen LogP contribution in [0.2, 0.25) is 0 Å². The highest BCUT2D eigenvalue weighted by molar-refractivity contribution is 9.10. The van der Waals surface area contributed by atoms with Crippen molar-refractivity contribution in [1.82, 2.24) is 5.32 Å². The van der Waals surface area contributed by atoms with E-state index in [0.717, 1.165) is 25.9 Å². The van der Waals surface area contributed by atoms with Crippen LogP contribution in [0.3, 0.4) is 0 Å². The van der Waals surface area contributed by atoms with Gasteiger partial charge < -0.3 is 10.4 Å². The van der Waals surface area contributed by atoms with Gasteiger partial charge in [0, 0.05) is 11.0 Å². The second kappa shape index (κ2) is 5.30. The normalized spacial score (nSPS) is 24.2. The molecule has 1 fully saturated rings. The van der Waals surface area contributed by atoms with E-state index in [1.807, 2.05) is 0 Å². The molecule has 1 aromatic carbocycles. The molecule has 0 atom stereocenters. The van der Waals surface area contributed by atoms with Crippen molar-refractivity contribution in [2.75, 3.05) is 6.54 Å². The Labute approximate surface area is 105 Å². The number of benzene rings is 1. The first-order valence-electron chi connectivity index (χ1n) is 5.79. The van der Waals surface area contributed by atoms with E-state index >= 15 is 0 Å². The molecule has 3 heteroatoms. The summed E-state index contributed by atoms with van der Waals surface area (Å²) >= 11 is 3.54. The molecule has 0 unspecified atom stereocenters. The first kappa shape index (κ1) is 12.1. The van der Waals surface area contributed by atoms with Crippen molar-refractivity contribution in [3.8, 4) is 0 Å². The summed E-state index contributed by atoms with van der Waals surface area (Å²) in [6.45, 7) is 4.02. The number of aryl methyl sites for hydroxylation is 1. The smallest absolute Gasteiger partial charge is 0.0546 e. The van der Waals surface area contributed by atoms with E-state index in [-0.39, 0.29) is 6.10 Å². The molecule has 88 valence electrons. The lowest BCUT2D eigenvalue weighted by molar-refractivity contribution is 0.0430. The summed E-state index contributed by atoms with van der Waals surface area (Å²) in [5, 5.41) is 12.6. The molecule has 0 aliphatic heterocycles. The van der Waals surface area contributed by atoms with Crippen molar-refractivity contribution < 1.29 is 5.11 Å². The maximum atomic E-state index is 9.17. The standard InChI is InChI=1S/C13H18BrNO/c1-9-2-3-10(6-13(9)14)7-15-8-11-4-12(16)5-11/h2-3,6,11-12,15-16H,4-5,7-8H2,1H3. The summed E-state index contributed by atoms with van der Waals surface area (Å²) in [6.07, 6.45) is 1.88. The van der Waals surface area contributed by atoms with E-state index in [4.69, 9.17) is 5.11 Å². The van der Waals surface area contributed by atoms with Gasteiger partial charge in [-0.2, -0.15) is 0 Å². The highest BCUT2D eigenvalue weighted by atomic mass is 79.9. The lowest BCUT2D eigenvalue weighted by Crippen LogP contribution is -2.35. The van der Waals surface area contributed by atoms with Crippen LogP contribution in [-0.4, -0.2) is 17.8 Å². The molecule has 16 heavy (non-hydrogen) atoms. The summed E-state index contributed by atoms with van der Waals surface area (Å²) < 4.78 is 1.17. The molecule has 0 saturated heterocycles. The number of halogens is 1. The largest absolute Gasteiger partial charge is 0.393 e. The van der Waals surface area contributed by atoms with Gasteiger partial charge in [0.05, 0.1) is 6.10 Å². The fourth-order valence-electron chi connectivity index (χ4n) is 2.03. The van der Waals surface area contributed by atoms with Crippen molar-refractivity contribution >= 4 is 15.9 Å². The molecule has 2 nitrogen and oxygen atoms in total. The van der Waals surface area contributed by atoms with E-state index in [2.05, 4.69) is 46.4 Å². The van der Waals surface area contributed by atoms with Gasteiger partial charge in [-0.15, -0.1) is 0 Å². The van der Waals surface area contributed by atoms with E-state index in [9.17, 15) is 0 Å². The van der Waals surface area contributed by atoms with Crippen molar-refractivity contribution in [2.45, 2.75) is 32.4 Å². The van der Waals surface area contributed by atoms with Crippen LogP contribution < -0.4 is 5.32 Å². The number of aliphatic hydroxyl groups excluding tert-OH is 1. The summed E-state index contributed by atoms with van der Waals surface area (Å²) in [5.41, 5.74) is 2.57. The average Bonchev–Trinajstić information content (AvgIpc) is 2.21. The van der Waals surface area contributed by atoms with Gasteiger partial charge in [0.25, 0.3) is 0 Å². The van der Waals surface area contributed by atoms with Crippen molar-refractivity contribution in [3.05, 3.63) is 33.8 Å². The Morgan fingerprint density at radius 3 is 2.81 bits per heavy atom. The fraction of sp³-hybridized carbons (Fsp3) is 0.538. The molecule has 1 aliphatic carbocycles. The number of aliphatic hydroxyl groups is 1. The summed E-state index contributed by atoms with van der Waals surface area (Å²) in [6, 6.07) is 6.45. The maximum Gasteiger partial charge on any atom is 0.0546 e. The zero-order chi connectivity index (χ0) is 11.5. The van der Waals surface area contributed by atoms with Gasteiger partial charge >= 0.3 is 0 Å². The van der Waals surface area contributed by atoms with Gasteiger partial charge in [-0.05, 0) is 49.4 Å². The van der Waals surface area contributed by atoms with Crippen LogP contribution in [0, 0.1) is 12.8 Å². The van der Waals surface area contributed by atoms with E-state index in [1.54, 1.807) is 0 Å². The summed E-state index contributed by atoms with van der Waals surface area (Å²) in [5.74, 6) is 0.670. The number of rotatable bonds is 4. The van der Waals surface area contributed by atoms with E-state index < -0.39 is 0 Å². The minimum atomic E-state index is -0.0414. The molecule has 0 heterocycles. The molecular formula is C13H18BrNO. The second-order valence-corrected chi connectivity index (χ2v) is 5.56. The molecule has 0 radical (unpaired) electrons. The quantitative estimate of drug-likeness (QED) is 0.890. The zero-order valence-electron chi connectivity index (χ0n) is 9.54. The molecule has 1 aliphatic rings. The Morgan fingerprint density at radius 2 is 2.19 bits per heavy atom. The molecule has 0 spiro atoms. The Hall–Kier alpha value is -0.380. The molecule has 1 aromatic rings. The summed E-state index contributed by atoms with van der Waals surface area (Å²) in [7, 11) is 0. The highest BCUT2D eigenvalue weighted by Gasteiger charge is 2.26. The minimum absolute atomic E-state index is 0.0414. The third-order valence-corrected chi connectivity index (χ3v) is 4.06. The topological polar surface area (TPSA) is 32.3 Å². The first-order chi connectivity index (χ1) is 7.65. The van der Waals surface area contributed by atoms with Gasteiger partial charge in [0.15, 0.2) is 0 Å². The number of hydrogen-bond donors (Lipinski definition) is 2. The van der Waals surface area contributed by atoms with E-state index in [0.29, 0.717) is 5.92 Å². The van der Waals surface area contributed by atoms with Gasteiger partial charge in [-0.3, -0.25) is 0 Å². The van der Waals surface area contributed by atoms with Gasteiger partial charge in [-0.25, -0.2) is 0 Å². The van der Waals surface area contributed by atoms with Crippen LogP contribution >= 0.6 is 15.9 Å². The van der Waals surface area contributed by atoms with Crippen LogP contribution in [0.25, 0.3) is 0 Å². The maximum absolute atomic E-state index is 9.17. The molecule has 0 aromatic heterocycles. The molecule has 0 amide bonds. The van der Waals surface area contributed by atoms with Gasteiger partial charge in [0.2, 0.25) is 0 Å². The Morgan fingerprint density at radius 1 is 1.44 bits per heavy atom. The fourth-order valence-corrected chi connectivity index (χ4v) is 2.46. The third-order valence-electron chi connectivity index (χ3n) is 3.21. The van der Waals surface area contributed by atoms with Crippen molar-refractivity contribution in [2.24, 2.45) is 5.92 Å². The Balaban J connectivity index is 1.74. The molecule has 1 saturated carbocycles. The van der Waals surface area contributed by atoms with Crippen LogP contribution in [0.5, 0.6) is 0 Å². The predicted octanol–water partition coefficient (Wildman–Crippen LogP) is 2.62. The second-order valence-electron chi connectivity index (χ2n) is 4.71. The average molecular weight is 284 g/mol. The number of hydrogen-bond acceptors (Lipinski definition) is 2. The Bertz CT molecular complexity index is 361. The SMILES string of the molecule is Cc1ccc(CNCC2CC(O)C2)cc1Br. The van der Waals surface area contributed by atoms with Crippen LogP contribution in [0.1, 0.15) is 24.0 Å². The lowest BCUT2D eigenvalue weighted by atomic mass is 9.82. The monoisotopic (exact) mass is 283 g/mol. The highest BCUT2D eigenvalue weighted by Crippen LogP contribution is 2.26. The first-order valence-corrected chi connectivity index (χ1v) is 6.58. The van der Waals surface area contributed by atoms with Crippen LogP contribution in [0.15, 0.2) is 22.7 Å². The molecule has 0 bridgehead atoms. The lowest BCUT2D eigenvalue weighted by Gasteiger charge is -2.31. The zero-order valence-corrected chi connectivity index (χ0v) is 11.1. The molecule has 2 N–H and O–H groups in total. The van der Waals surface area contributed by atoms with Crippen LogP contribution in [-0.2, 0) is 6.54 Å². The van der Waals surface area contributed by atoms with Gasteiger partial charge in [-0.1, -0.05) is 28.1 Å². The van der Waals surface area contributed by atoms with Crippen LogP contribution in [0.4, 0.5) is 0 Å². The minimum Gasteiger partial charge on any atom is -0.393 e. The van der Waals surface area contributed by atoms with Gasteiger partial charge in [0.1, 0.15) is 0 Å². The van der Waals surface area contributed by atoms with Crippen molar-refractivity contribution in [3.63, 3.8) is 0 Å². The third kappa shape index (κ3) is 3.06. The Kier molecular flexibility index (Phi) is 4.00. The van der Waals surface area contributed by atoms with E-state index in [1.165, 1.54) is 15.6 Å². The molecular weight excluding hydrogens is 266 g/mol. The van der Waals surface area contributed by atoms with Crippen molar-refractivity contribution in [1.29, 1.82) is 0 Å². The number of nitrogens with one attached hydrogen (secondary N) is 1. The molecule has 2 rings (SSSR count).